The van der Waals surface area contributed by atoms with Gasteiger partial charge in [0.1, 0.15) is 0 Å². The van der Waals surface area contributed by atoms with Crippen molar-refractivity contribution in [2.24, 2.45) is 0 Å². The van der Waals surface area contributed by atoms with Gasteiger partial charge in [0.05, 0.1) is 34.0 Å². The summed E-state index contributed by atoms with van der Waals surface area (Å²) in [4.78, 5) is 23.9. The molecule has 126 valence electrons. The number of hydrogen-bond acceptors (Lipinski definition) is 7. The highest BCUT2D eigenvalue weighted by molar-refractivity contribution is 7.54. The minimum Gasteiger partial charge on any atom is -0.452 e. The first-order valence-electron chi connectivity index (χ1n) is 6.73. The standard InChI is InChI=1S/C12H21N2O7P/c1-5-20-22(17,21-6-2)10-8-7-9-13(11(15)18-3)14(10)12(16)19-4/h7-8,10H,5-6,9H2,1-4H3. The third kappa shape index (κ3) is 3.79. The first-order valence-corrected chi connectivity index (χ1v) is 8.34. The minimum atomic E-state index is -3.72. The van der Waals surface area contributed by atoms with Gasteiger partial charge in [-0.25, -0.2) is 14.6 Å². The Balaban J connectivity index is 3.25. The van der Waals surface area contributed by atoms with Gasteiger partial charge in [-0.3, -0.25) is 4.57 Å². The van der Waals surface area contributed by atoms with Crippen LogP contribution in [0.1, 0.15) is 13.8 Å². The van der Waals surface area contributed by atoms with Crippen molar-refractivity contribution in [3.05, 3.63) is 12.2 Å². The maximum Gasteiger partial charge on any atom is 0.429 e. The molecular formula is C12H21N2O7P. The molecule has 9 nitrogen and oxygen atoms in total. The Labute approximate surface area is 129 Å². The molecule has 2 amide bonds. The molecule has 22 heavy (non-hydrogen) atoms. The van der Waals surface area contributed by atoms with Crippen LogP contribution in [0, 0.1) is 0 Å². The molecule has 0 N–H and O–H groups in total. The SMILES string of the molecule is CCOP(=O)(OCC)C1C=CCN(C(=O)OC)N1C(=O)OC. The lowest BCUT2D eigenvalue weighted by Gasteiger charge is -2.40. The smallest absolute Gasteiger partial charge is 0.429 e. The maximum atomic E-state index is 12.9. The lowest BCUT2D eigenvalue weighted by atomic mass is 10.4. The van der Waals surface area contributed by atoms with E-state index in [1.807, 2.05) is 0 Å². The molecule has 0 aromatic carbocycles. The molecule has 1 rings (SSSR count). The highest BCUT2D eigenvalue weighted by Gasteiger charge is 2.47. The van der Waals surface area contributed by atoms with Crippen molar-refractivity contribution in [1.82, 2.24) is 10.0 Å². The Morgan fingerprint density at radius 2 is 1.68 bits per heavy atom. The van der Waals surface area contributed by atoms with Crippen LogP contribution in [0.4, 0.5) is 9.59 Å². The highest BCUT2D eigenvalue weighted by Crippen LogP contribution is 2.55. The van der Waals surface area contributed by atoms with Crippen LogP contribution in [0.25, 0.3) is 0 Å². The molecule has 0 aliphatic carbocycles. The third-order valence-corrected chi connectivity index (χ3v) is 5.06. The number of carbonyl (C=O) groups is 2. The number of hydrogen-bond donors (Lipinski definition) is 0. The predicted molar refractivity (Wildman–Crippen MR) is 77.1 cm³/mol. The van der Waals surface area contributed by atoms with Gasteiger partial charge in [-0.05, 0) is 19.9 Å². The zero-order chi connectivity index (χ0) is 16.8. The van der Waals surface area contributed by atoms with Crippen LogP contribution in [0.3, 0.4) is 0 Å². The Morgan fingerprint density at radius 3 is 2.14 bits per heavy atom. The summed E-state index contributed by atoms with van der Waals surface area (Å²) in [5.74, 6) is -1.12. The van der Waals surface area contributed by atoms with Crippen molar-refractivity contribution >= 4 is 19.8 Å². The van der Waals surface area contributed by atoms with Crippen LogP contribution in [0.2, 0.25) is 0 Å². The molecule has 0 bridgehead atoms. The quantitative estimate of drug-likeness (QED) is 0.561. The summed E-state index contributed by atoms with van der Waals surface area (Å²) in [6, 6.07) is 0. The fourth-order valence-electron chi connectivity index (χ4n) is 1.95. The van der Waals surface area contributed by atoms with E-state index in [0.717, 1.165) is 17.1 Å². The molecule has 1 aliphatic rings. The average molecular weight is 336 g/mol. The summed E-state index contributed by atoms with van der Waals surface area (Å²) < 4.78 is 32.7. The van der Waals surface area contributed by atoms with Crippen LogP contribution < -0.4 is 0 Å². The van der Waals surface area contributed by atoms with Crippen molar-refractivity contribution in [1.29, 1.82) is 0 Å². The first-order chi connectivity index (χ1) is 10.4. The Bertz CT molecular complexity index is 472. The normalized spacial score (nSPS) is 18.3. The van der Waals surface area contributed by atoms with Gasteiger partial charge in [-0.15, -0.1) is 0 Å². The molecule has 0 saturated carbocycles. The molecule has 0 spiro atoms. The summed E-state index contributed by atoms with van der Waals surface area (Å²) >= 11 is 0. The number of nitrogens with zero attached hydrogens (tertiary/aromatic N) is 2. The average Bonchev–Trinajstić information content (AvgIpc) is 2.53. The molecule has 1 unspecified atom stereocenters. The molecule has 0 aromatic rings. The van der Waals surface area contributed by atoms with Crippen LogP contribution in [-0.4, -0.2) is 62.0 Å². The fourth-order valence-corrected chi connectivity index (χ4v) is 3.87. The molecule has 0 aromatic heterocycles. The number of rotatable bonds is 5. The zero-order valence-electron chi connectivity index (χ0n) is 13.1. The largest absolute Gasteiger partial charge is 0.452 e. The molecule has 10 heteroatoms. The lowest BCUT2D eigenvalue weighted by Crippen LogP contribution is -2.56. The van der Waals surface area contributed by atoms with Crippen molar-refractivity contribution in [3.63, 3.8) is 0 Å². The summed E-state index contributed by atoms with van der Waals surface area (Å²) in [7, 11) is -1.39. The summed E-state index contributed by atoms with van der Waals surface area (Å²) in [5, 5.41) is 1.86. The second-order valence-electron chi connectivity index (χ2n) is 4.08. The monoisotopic (exact) mass is 336 g/mol. The van der Waals surface area contributed by atoms with Gasteiger partial charge in [0.25, 0.3) is 0 Å². The first kappa shape index (κ1) is 18.5. The van der Waals surface area contributed by atoms with Crippen LogP contribution in [-0.2, 0) is 23.1 Å². The molecule has 1 heterocycles. The number of ether oxygens (including phenoxy) is 2. The second-order valence-corrected chi connectivity index (χ2v) is 6.21. The van der Waals surface area contributed by atoms with Gasteiger partial charge in [-0.1, -0.05) is 6.08 Å². The molecule has 1 aliphatic heterocycles. The summed E-state index contributed by atoms with van der Waals surface area (Å²) in [6.45, 7) is 3.61. The lowest BCUT2D eigenvalue weighted by molar-refractivity contribution is -0.0161. The second kappa shape index (κ2) is 8.17. The van der Waals surface area contributed by atoms with Crippen LogP contribution in [0.5, 0.6) is 0 Å². The number of hydrazine groups is 1. The van der Waals surface area contributed by atoms with E-state index in [-0.39, 0.29) is 19.8 Å². The van der Waals surface area contributed by atoms with E-state index in [1.165, 1.54) is 13.2 Å². The van der Waals surface area contributed by atoms with Crippen molar-refractivity contribution in [2.75, 3.05) is 34.0 Å². The predicted octanol–water partition coefficient (Wildman–Crippen LogP) is 2.20. The minimum absolute atomic E-state index is 0.0660. The van der Waals surface area contributed by atoms with Crippen molar-refractivity contribution in [2.45, 2.75) is 19.6 Å². The van der Waals surface area contributed by atoms with Gasteiger partial charge < -0.3 is 18.5 Å². The molecule has 1 atom stereocenters. The summed E-state index contributed by atoms with van der Waals surface area (Å²) in [5.41, 5.74) is 0. The Morgan fingerprint density at radius 1 is 1.14 bits per heavy atom. The van der Waals surface area contributed by atoms with Crippen LogP contribution in [0.15, 0.2) is 12.2 Å². The number of carbonyl (C=O) groups excluding carboxylic acids is 2. The molecule has 0 fully saturated rings. The topological polar surface area (TPSA) is 94.6 Å². The van der Waals surface area contributed by atoms with E-state index >= 15 is 0 Å². The van der Waals surface area contributed by atoms with E-state index in [4.69, 9.17) is 9.05 Å². The molecular weight excluding hydrogens is 315 g/mol. The van der Waals surface area contributed by atoms with Gasteiger partial charge in [0.2, 0.25) is 0 Å². The molecule has 0 saturated heterocycles. The van der Waals surface area contributed by atoms with E-state index in [2.05, 4.69) is 9.47 Å². The summed E-state index contributed by atoms with van der Waals surface area (Å²) in [6.07, 6.45) is 1.40. The van der Waals surface area contributed by atoms with Gasteiger partial charge in [0.15, 0.2) is 5.78 Å². The van der Waals surface area contributed by atoms with E-state index in [0.29, 0.717) is 0 Å². The highest BCUT2D eigenvalue weighted by atomic mass is 31.2. The van der Waals surface area contributed by atoms with Crippen molar-refractivity contribution < 1.29 is 32.7 Å². The van der Waals surface area contributed by atoms with E-state index < -0.39 is 25.6 Å². The third-order valence-electron chi connectivity index (χ3n) is 2.79. The molecule has 0 radical (unpaired) electrons. The zero-order valence-corrected chi connectivity index (χ0v) is 13.9. The fraction of sp³-hybridized carbons (Fsp3) is 0.667. The number of methoxy groups -OCH3 is 2. The Kier molecular flexibility index (Phi) is 6.86. The maximum absolute atomic E-state index is 12.9. The van der Waals surface area contributed by atoms with Gasteiger partial charge in [-0.2, -0.15) is 5.01 Å². The van der Waals surface area contributed by atoms with E-state index in [9.17, 15) is 14.2 Å². The Hall–Kier alpha value is -1.57. The number of amides is 2. The van der Waals surface area contributed by atoms with Gasteiger partial charge in [0, 0.05) is 0 Å². The van der Waals surface area contributed by atoms with Crippen molar-refractivity contribution in [3.8, 4) is 0 Å². The van der Waals surface area contributed by atoms with Gasteiger partial charge >= 0.3 is 19.8 Å². The van der Waals surface area contributed by atoms with E-state index in [1.54, 1.807) is 19.9 Å². The van der Waals surface area contributed by atoms with Crippen LogP contribution >= 0.6 is 7.60 Å².